The Hall–Kier alpha value is -1.46. The normalized spacial score (nSPS) is 19.8. The summed E-state index contributed by atoms with van der Waals surface area (Å²) in [4.78, 5) is 11.8. The molecule has 0 saturated carbocycles. The molecule has 5 heteroatoms. The Morgan fingerprint density at radius 1 is 1.50 bits per heavy atom. The Morgan fingerprint density at radius 2 is 2.25 bits per heavy atom. The van der Waals surface area contributed by atoms with Gasteiger partial charge in [0.25, 0.3) is 0 Å². The Kier molecular flexibility index (Phi) is 5.49. The summed E-state index contributed by atoms with van der Waals surface area (Å²) >= 11 is 0. The number of benzene rings is 1. The van der Waals surface area contributed by atoms with E-state index in [9.17, 15) is 9.18 Å². The van der Waals surface area contributed by atoms with Gasteiger partial charge in [0.05, 0.1) is 6.10 Å². The average Bonchev–Trinajstić information content (AvgIpc) is 2.94. The van der Waals surface area contributed by atoms with Gasteiger partial charge in [-0.3, -0.25) is 4.79 Å². The molecule has 1 aromatic rings. The number of hydrogen-bond donors (Lipinski definition) is 2. The second-order valence-electron chi connectivity index (χ2n) is 5.08. The first kappa shape index (κ1) is 14.9. The Morgan fingerprint density at radius 3 is 2.85 bits per heavy atom. The lowest BCUT2D eigenvalue weighted by molar-refractivity contribution is -0.122. The van der Waals surface area contributed by atoms with Crippen molar-refractivity contribution in [1.29, 1.82) is 0 Å². The number of carbonyl (C=O) groups is 1. The zero-order valence-electron chi connectivity index (χ0n) is 11.7. The van der Waals surface area contributed by atoms with Crippen molar-refractivity contribution in [3.8, 4) is 0 Å². The molecule has 1 heterocycles. The van der Waals surface area contributed by atoms with E-state index in [0.29, 0.717) is 19.0 Å². The molecular weight excluding hydrogens is 259 g/mol. The summed E-state index contributed by atoms with van der Waals surface area (Å²) in [5.41, 5.74) is 0.855. The minimum absolute atomic E-state index is 0.0218. The molecule has 1 aliphatic rings. The summed E-state index contributed by atoms with van der Waals surface area (Å²) in [7, 11) is 1.58. The highest BCUT2D eigenvalue weighted by Gasteiger charge is 2.18. The molecule has 1 aliphatic heterocycles. The van der Waals surface area contributed by atoms with Gasteiger partial charge in [-0.25, -0.2) is 4.39 Å². The third-order valence-electron chi connectivity index (χ3n) is 3.61. The monoisotopic (exact) mass is 280 g/mol. The number of methoxy groups -OCH3 is 1. The maximum atomic E-state index is 12.9. The van der Waals surface area contributed by atoms with Crippen molar-refractivity contribution in [2.45, 2.75) is 31.4 Å². The van der Waals surface area contributed by atoms with E-state index in [4.69, 9.17) is 4.74 Å². The number of carbonyl (C=O) groups excluding carboxylic acids is 1. The van der Waals surface area contributed by atoms with Crippen LogP contribution in [-0.2, 0) is 9.53 Å². The van der Waals surface area contributed by atoms with Crippen LogP contribution in [0.15, 0.2) is 24.3 Å². The molecule has 20 heavy (non-hydrogen) atoms. The van der Waals surface area contributed by atoms with Crippen LogP contribution in [0.4, 0.5) is 4.39 Å². The van der Waals surface area contributed by atoms with Crippen LogP contribution in [0.3, 0.4) is 0 Å². The number of rotatable bonds is 6. The Labute approximate surface area is 118 Å². The average molecular weight is 280 g/mol. The van der Waals surface area contributed by atoms with Gasteiger partial charge in [-0.2, -0.15) is 0 Å². The molecule has 4 nitrogen and oxygen atoms in total. The fourth-order valence-electron chi connectivity index (χ4n) is 2.45. The van der Waals surface area contributed by atoms with E-state index in [0.717, 1.165) is 24.9 Å². The smallest absolute Gasteiger partial charge is 0.221 e. The SMILES string of the molecule is COC(CNC(=O)CC1CCCN1)c1ccc(F)cc1. The van der Waals surface area contributed by atoms with Crippen LogP contribution in [0.5, 0.6) is 0 Å². The molecule has 1 saturated heterocycles. The van der Waals surface area contributed by atoms with Crippen molar-refractivity contribution in [3.63, 3.8) is 0 Å². The lowest BCUT2D eigenvalue weighted by Crippen LogP contribution is -2.34. The molecule has 110 valence electrons. The summed E-state index contributed by atoms with van der Waals surface area (Å²) in [5.74, 6) is -0.256. The molecule has 0 aromatic heterocycles. The summed E-state index contributed by atoms with van der Waals surface area (Å²) in [6.07, 6.45) is 2.43. The number of ether oxygens (including phenoxy) is 1. The van der Waals surface area contributed by atoms with Gasteiger partial charge < -0.3 is 15.4 Å². The minimum atomic E-state index is -0.278. The topological polar surface area (TPSA) is 50.4 Å². The first-order chi connectivity index (χ1) is 9.69. The quantitative estimate of drug-likeness (QED) is 0.835. The van der Waals surface area contributed by atoms with Gasteiger partial charge in [0.1, 0.15) is 5.82 Å². The molecule has 2 atom stereocenters. The second kappa shape index (κ2) is 7.36. The number of nitrogens with one attached hydrogen (secondary N) is 2. The zero-order chi connectivity index (χ0) is 14.4. The lowest BCUT2D eigenvalue weighted by Gasteiger charge is -2.17. The number of halogens is 1. The van der Waals surface area contributed by atoms with Crippen LogP contribution in [0.2, 0.25) is 0 Å². The summed E-state index contributed by atoms with van der Waals surface area (Å²) in [6.45, 7) is 1.39. The molecular formula is C15H21FN2O2. The van der Waals surface area contributed by atoms with Gasteiger partial charge in [0, 0.05) is 26.1 Å². The molecule has 0 bridgehead atoms. The van der Waals surface area contributed by atoms with E-state index < -0.39 is 0 Å². The van der Waals surface area contributed by atoms with Gasteiger partial charge in [-0.15, -0.1) is 0 Å². The molecule has 1 fully saturated rings. The highest BCUT2D eigenvalue weighted by Crippen LogP contribution is 2.16. The second-order valence-corrected chi connectivity index (χ2v) is 5.08. The predicted molar refractivity (Wildman–Crippen MR) is 74.8 cm³/mol. The lowest BCUT2D eigenvalue weighted by atomic mass is 10.1. The maximum absolute atomic E-state index is 12.9. The molecule has 2 rings (SSSR count). The van der Waals surface area contributed by atoms with Gasteiger partial charge in [-0.1, -0.05) is 12.1 Å². The van der Waals surface area contributed by atoms with E-state index in [1.54, 1.807) is 19.2 Å². The molecule has 0 aliphatic carbocycles. The van der Waals surface area contributed by atoms with Crippen LogP contribution in [0, 0.1) is 5.82 Å². The van der Waals surface area contributed by atoms with E-state index in [1.165, 1.54) is 12.1 Å². The fraction of sp³-hybridized carbons (Fsp3) is 0.533. The van der Waals surface area contributed by atoms with E-state index in [2.05, 4.69) is 10.6 Å². The van der Waals surface area contributed by atoms with E-state index in [-0.39, 0.29) is 17.8 Å². The molecule has 0 radical (unpaired) electrons. The van der Waals surface area contributed by atoms with E-state index >= 15 is 0 Å². The van der Waals surface area contributed by atoms with Crippen molar-refractivity contribution in [2.75, 3.05) is 20.2 Å². The van der Waals surface area contributed by atoms with Gasteiger partial charge in [0.2, 0.25) is 5.91 Å². The highest BCUT2D eigenvalue weighted by atomic mass is 19.1. The molecule has 0 spiro atoms. The maximum Gasteiger partial charge on any atom is 0.221 e. The highest BCUT2D eigenvalue weighted by molar-refractivity contribution is 5.76. The summed E-state index contributed by atoms with van der Waals surface area (Å²) < 4.78 is 18.2. The van der Waals surface area contributed by atoms with Gasteiger partial charge in [-0.05, 0) is 37.1 Å². The standard InChI is InChI=1S/C15H21FN2O2/c1-20-14(11-4-6-12(16)7-5-11)10-18-15(19)9-13-3-2-8-17-13/h4-7,13-14,17H,2-3,8-10H2,1H3,(H,18,19). The Balaban J connectivity index is 1.80. The first-order valence-electron chi connectivity index (χ1n) is 6.97. The van der Waals surface area contributed by atoms with Crippen LogP contribution < -0.4 is 10.6 Å². The van der Waals surface area contributed by atoms with Crippen molar-refractivity contribution in [1.82, 2.24) is 10.6 Å². The minimum Gasteiger partial charge on any atom is -0.375 e. The molecule has 1 amide bonds. The molecule has 2 unspecified atom stereocenters. The third kappa shape index (κ3) is 4.28. The Bertz CT molecular complexity index is 430. The fourth-order valence-corrected chi connectivity index (χ4v) is 2.45. The van der Waals surface area contributed by atoms with Crippen molar-refractivity contribution in [2.24, 2.45) is 0 Å². The van der Waals surface area contributed by atoms with Crippen LogP contribution >= 0.6 is 0 Å². The third-order valence-corrected chi connectivity index (χ3v) is 3.61. The van der Waals surface area contributed by atoms with Gasteiger partial charge in [0.15, 0.2) is 0 Å². The predicted octanol–water partition coefficient (Wildman–Crippen LogP) is 1.77. The van der Waals surface area contributed by atoms with Crippen molar-refractivity contribution in [3.05, 3.63) is 35.6 Å². The largest absolute Gasteiger partial charge is 0.375 e. The van der Waals surface area contributed by atoms with Crippen molar-refractivity contribution < 1.29 is 13.9 Å². The van der Waals surface area contributed by atoms with Crippen LogP contribution in [-0.4, -0.2) is 32.1 Å². The number of amides is 1. The number of hydrogen-bond acceptors (Lipinski definition) is 3. The van der Waals surface area contributed by atoms with Crippen molar-refractivity contribution >= 4 is 5.91 Å². The van der Waals surface area contributed by atoms with Crippen LogP contribution in [0.1, 0.15) is 30.9 Å². The summed E-state index contributed by atoms with van der Waals surface area (Å²) in [6, 6.07) is 6.43. The van der Waals surface area contributed by atoms with Crippen LogP contribution in [0.25, 0.3) is 0 Å². The van der Waals surface area contributed by atoms with Gasteiger partial charge >= 0.3 is 0 Å². The molecule has 2 N–H and O–H groups in total. The van der Waals surface area contributed by atoms with E-state index in [1.807, 2.05) is 0 Å². The first-order valence-corrected chi connectivity index (χ1v) is 6.97. The summed E-state index contributed by atoms with van der Waals surface area (Å²) in [5, 5.41) is 6.17. The molecule has 1 aromatic carbocycles. The zero-order valence-corrected chi connectivity index (χ0v) is 11.7.